The zero-order chi connectivity index (χ0) is 33.6. The van der Waals surface area contributed by atoms with E-state index in [9.17, 15) is 28.7 Å². The third kappa shape index (κ3) is 4.38. The molecule has 6 unspecified atom stereocenters. The van der Waals surface area contributed by atoms with Crippen LogP contribution in [0.3, 0.4) is 0 Å². The highest BCUT2D eigenvalue weighted by Gasteiger charge is 2.77. The summed E-state index contributed by atoms with van der Waals surface area (Å²) in [5, 5.41) is 10.5. The van der Waals surface area contributed by atoms with E-state index in [1.54, 1.807) is 30.3 Å². The molecule has 2 heterocycles. The largest absolute Gasteiger partial charge is 0.508 e. The molecule has 47 heavy (non-hydrogen) atoms. The Morgan fingerprint density at radius 1 is 0.851 bits per heavy atom. The van der Waals surface area contributed by atoms with E-state index in [2.05, 4.69) is 22.6 Å². The van der Waals surface area contributed by atoms with Gasteiger partial charge in [-0.15, -0.1) is 23.2 Å². The van der Waals surface area contributed by atoms with Crippen LogP contribution in [0.1, 0.15) is 24.3 Å². The van der Waals surface area contributed by atoms with Crippen molar-refractivity contribution in [2.75, 3.05) is 24.0 Å². The number of hydrogen-bond acceptors (Lipinski definition) is 7. The molecule has 7 rings (SSSR count). The van der Waals surface area contributed by atoms with Crippen LogP contribution < -0.4 is 19.3 Å². The zero-order valence-corrected chi connectivity index (χ0v) is 28.5. The number of benzene rings is 3. The van der Waals surface area contributed by atoms with Gasteiger partial charge in [-0.3, -0.25) is 24.1 Å². The fraction of sp³-hybridized carbons (Fsp3) is 0.294. The Balaban J connectivity index is 1.45. The van der Waals surface area contributed by atoms with Gasteiger partial charge in [0.15, 0.2) is 9.75 Å². The summed E-state index contributed by atoms with van der Waals surface area (Å²) in [5.74, 6) is -6.79. The number of aromatic hydroxyl groups is 1. The Morgan fingerprint density at radius 3 is 2.02 bits per heavy atom. The van der Waals surface area contributed by atoms with Gasteiger partial charge in [0.2, 0.25) is 11.8 Å². The SMILES string of the molecule is COc1cc(O)cc(OC)c1C1C2=CCC3C(=O)N(c4ccc(I)cc4)C(=O)C3C2CC2(Cl)C(=O)N(c3ccc(F)cc3)C(=O)C12Cl. The van der Waals surface area contributed by atoms with Crippen molar-refractivity contribution in [1.82, 2.24) is 0 Å². The summed E-state index contributed by atoms with van der Waals surface area (Å²) in [4.78, 5) is 54.9. The zero-order valence-electron chi connectivity index (χ0n) is 24.9. The number of allylic oxidation sites excluding steroid dienone is 2. The van der Waals surface area contributed by atoms with Gasteiger partial charge in [0.25, 0.3) is 11.8 Å². The quantitative estimate of drug-likeness (QED) is 0.148. The third-order valence-electron chi connectivity index (χ3n) is 9.80. The number of phenolic OH excluding ortho intramolecular Hbond substituents is 1. The highest BCUT2D eigenvalue weighted by Crippen LogP contribution is 2.67. The Bertz CT molecular complexity index is 1880. The molecule has 13 heteroatoms. The second kappa shape index (κ2) is 11.2. The molecule has 2 aliphatic heterocycles. The van der Waals surface area contributed by atoms with Crippen molar-refractivity contribution in [3.05, 3.63) is 87.3 Å². The second-order valence-corrected chi connectivity index (χ2v) is 14.5. The van der Waals surface area contributed by atoms with Crippen molar-refractivity contribution in [2.45, 2.75) is 28.5 Å². The van der Waals surface area contributed by atoms with E-state index in [0.717, 1.165) is 20.6 Å². The molecule has 0 aromatic heterocycles. The van der Waals surface area contributed by atoms with Crippen LogP contribution in [-0.4, -0.2) is 52.7 Å². The maximum atomic E-state index is 14.6. The molecule has 0 bridgehead atoms. The Hall–Kier alpha value is -3.68. The molecule has 3 aromatic carbocycles. The highest BCUT2D eigenvalue weighted by atomic mass is 127. The maximum absolute atomic E-state index is 14.6. The lowest BCUT2D eigenvalue weighted by atomic mass is 9.56. The first-order chi connectivity index (χ1) is 22.4. The number of imide groups is 2. The molecule has 3 fully saturated rings. The van der Waals surface area contributed by atoms with Crippen LogP contribution in [0.5, 0.6) is 17.2 Å². The number of fused-ring (bicyclic) bond motifs is 4. The maximum Gasteiger partial charge on any atom is 0.258 e. The first-order valence-corrected chi connectivity index (χ1v) is 16.5. The standard InChI is InChI=1S/C34H26Cl2FIN2O7/c1-46-24-13-20(41)14-25(47-2)27(24)28-21-11-12-22-26(30(43)39(29(22)42)18-9-5-17(38)6-10-18)23(21)15-33(35)31(44)40(32(45)34(28,33)36)19-7-3-16(37)4-8-19/h3-11,13-14,22-23,26,28,41H,12,15H2,1-2H3. The molecule has 242 valence electrons. The van der Waals surface area contributed by atoms with Crippen LogP contribution in [0.25, 0.3) is 0 Å². The van der Waals surface area contributed by atoms with Gasteiger partial charge in [0.05, 0.1) is 37.4 Å². The number of carbonyl (C=O) groups excluding carboxylic acids is 4. The van der Waals surface area contributed by atoms with E-state index in [0.29, 0.717) is 11.3 Å². The minimum absolute atomic E-state index is 0.0612. The van der Waals surface area contributed by atoms with E-state index in [1.165, 1.54) is 43.4 Å². The molecule has 1 N–H and O–H groups in total. The number of amides is 4. The predicted octanol–water partition coefficient (Wildman–Crippen LogP) is 5.92. The number of phenols is 1. The van der Waals surface area contributed by atoms with Crippen LogP contribution in [0.15, 0.2) is 72.3 Å². The molecule has 2 aliphatic carbocycles. The van der Waals surface area contributed by atoms with E-state index < -0.39 is 57.0 Å². The predicted molar refractivity (Wildman–Crippen MR) is 179 cm³/mol. The summed E-state index contributed by atoms with van der Waals surface area (Å²) in [6, 6.07) is 14.4. The molecule has 1 saturated carbocycles. The molecule has 4 amide bonds. The molecule has 4 aliphatic rings. The average molecular weight is 791 g/mol. The minimum atomic E-state index is -2.20. The van der Waals surface area contributed by atoms with Crippen LogP contribution in [0, 0.1) is 27.1 Å². The average Bonchev–Trinajstić information content (AvgIpc) is 3.39. The van der Waals surface area contributed by atoms with Gasteiger partial charge in [-0.25, -0.2) is 9.29 Å². The summed E-state index contributed by atoms with van der Waals surface area (Å²) < 4.78 is 26.2. The normalized spacial score (nSPS) is 29.8. The second-order valence-electron chi connectivity index (χ2n) is 12.0. The van der Waals surface area contributed by atoms with Crippen molar-refractivity contribution in [3.8, 4) is 17.2 Å². The van der Waals surface area contributed by atoms with Gasteiger partial charge in [-0.1, -0.05) is 11.6 Å². The molecule has 2 saturated heterocycles. The van der Waals surface area contributed by atoms with Gasteiger partial charge in [-0.05, 0) is 89.9 Å². The van der Waals surface area contributed by atoms with Gasteiger partial charge in [0.1, 0.15) is 23.1 Å². The molecule has 6 atom stereocenters. The number of alkyl halides is 2. The molecular formula is C34H26Cl2FIN2O7. The summed E-state index contributed by atoms with van der Waals surface area (Å²) in [5.41, 5.74) is 1.24. The molecule has 0 radical (unpaired) electrons. The Morgan fingerprint density at radius 2 is 1.43 bits per heavy atom. The number of halogens is 4. The van der Waals surface area contributed by atoms with Crippen molar-refractivity contribution in [3.63, 3.8) is 0 Å². The van der Waals surface area contributed by atoms with Gasteiger partial charge >= 0.3 is 0 Å². The summed E-state index contributed by atoms with van der Waals surface area (Å²) >= 11 is 17.0. The topological polar surface area (TPSA) is 113 Å². The van der Waals surface area contributed by atoms with Crippen molar-refractivity contribution < 1.29 is 38.1 Å². The Kier molecular flexibility index (Phi) is 7.60. The number of ether oxygens (including phenoxy) is 2. The molecule has 0 spiro atoms. The lowest BCUT2D eigenvalue weighted by Crippen LogP contribution is -2.60. The minimum Gasteiger partial charge on any atom is -0.508 e. The summed E-state index contributed by atoms with van der Waals surface area (Å²) in [6.45, 7) is 0. The summed E-state index contributed by atoms with van der Waals surface area (Å²) in [7, 11) is 2.73. The monoisotopic (exact) mass is 790 g/mol. The first-order valence-electron chi connectivity index (χ1n) is 14.7. The highest BCUT2D eigenvalue weighted by molar-refractivity contribution is 14.1. The fourth-order valence-electron chi connectivity index (χ4n) is 7.77. The lowest BCUT2D eigenvalue weighted by Gasteiger charge is -2.51. The van der Waals surface area contributed by atoms with Gasteiger partial charge < -0.3 is 14.6 Å². The van der Waals surface area contributed by atoms with Crippen LogP contribution in [0.2, 0.25) is 0 Å². The van der Waals surface area contributed by atoms with Crippen LogP contribution in [-0.2, 0) is 19.2 Å². The third-order valence-corrected chi connectivity index (χ3v) is 11.9. The van der Waals surface area contributed by atoms with E-state index in [4.69, 9.17) is 32.7 Å². The van der Waals surface area contributed by atoms with E-state index in [-0.39, 0.29) is 47.2 Å². The molecule has 3 aromatic rings. The fourth-order valence-corrected chi connectivity index (χ4v) is 9.05. The van der Waals surface area contributed by atoms with E-state index >= 15 is 0 Å². The number of nitrogens with zero attached hydrogens (tertiary/aromatic N) is 2. The molecular weight excluding hydrogens is 765 g/mol. The number of anilines is 2. The number of hydrogen-bond donors (Lipinski definition) is 1. The molecule has 9 nitrogen and oxygen atoms in total. The summed E-state index contributed by atoms with van der Waals surface area (Å²) in [6.07, 6.45) is 1.71. The Labute approximate surface area is 292 Å². The van der Waals surface area contributed by atoms with Crippen LogP contribution >= 0.6 is 45.8 Å². The van der Waals surface area contributed by atoms with Crippen molar-refractivity contribution in [2.24, 2.45) is 17.8 Å². The smallest absolute Gasteiger partial charge is 0.258 e. The van der Waals surface area contributed by atoms with Gasteiger partial charge in [-0.2, -0.15) is 0 Å². The van der Waals surface area contributed by atoms with Crippen molar-refractivity contribution >= 4 is 80.8 Å². The van der Waals surface area contributed by atoms with Crippen molar-refractivity contribution in [1.29, 1.82) is 0 Å². The van der Waals surface area contributed by atoms with E-state index in [1.807, 2.05) is 0 Å². The van der Waals surface area contributed by atoms with Gasteiger partial charge in [0, 0.05) is 27.2 Å². The number of methoxy groups -OCH3 is 2. The van der Waals surface area contributed by atoms with Crippen LogP contribution in [0.4, 0.5) is 15.8 Å². The first kappa shape index (κ1) is 31.9. The number of carbonyl (C=O) groups is 4. The number of rotatable bonds is 5. The lowest BCUT2D eigenvalue weighted by molar-refractivity contribution is -0.125.